The van der Waals surface area contributed by atoms with Crippen molar-refractivity contribution in [1.82, 2.24) is 9.88 Å². The van der Waals surface area contributed by atoms with Crippen molar-refractivity contribution >= 4 is 17.5 Å². The van der Waals surface area contributed by atoms with E-state index in [4.69, 9.17) is 5.73 Å². The Labute approximate surface area is 113 Å². The third-order valence-corrected chi connectivity index (χ3v) is 3.56. The third kappa shape index (κ3) is 2.78. The predicted molar refractivity (Wildman–Crippen MR) is 74.3 cm³/mol. The van der Waals surface area contributed by atoms with Crippen LogP contribution in [0.2, 0.25) is 0 Å². The number of hydrogen-bond donors (Lipinski definition) is 1. The van der Waals surface area contributed by atoms with E-state index in [1.807, 2.05) is 0 Å². The van der Waals surface area contributed by atoms with Crippen molar-refractivity contribution in [3.8, 4) is 0 Å². The lowest BCUT2D eigenvalue weighted by Gasteiger charge is -2.38. The highest BCUT2D eigenvalue weighted by atomic mass is 16.5. The van der Waals surface area contributed by atoms with Crippen molar-refractivity contribution in [2.75, 3.05) is 44.4 Å². The van der Waals surface area contributed by atoms with Gasteiger partial charge in [0.1, 0.15) is 0 Å². The molecule has 2 N–H and O–H groups in total. The van der Waals surface area contributed by atoms with Crippen LogP contribution in [0.3, 0.4) is 0 Å². The van der Waals surface area contributed by atoms with Gasteiger partial charge in [0.05, 0.1) is 12.8 Å². The first-order chi connectivity index (χ1) is 9.02. The van der Waals surface area contributed by atoms with E-state index in [1.165, 1.54) is 7.11 Å². The fourth-order valence-corrected chi connectivity index (χ4v) is 2.17. The molecule has 1 unspecified atom stereocenters. The van der Waals surface area contributed by atoms with Gasteiger partial charge in [0.2, 0.25) is 0 Å². The highest BCUT2D eigenvalue weighted by molar-refractivity contribution is 5.88. The molecule has 0 aliphatic carbocycles. The molecular formula is C13H20N4O2. The Kier molecular flexibility index (Phi) is 3.90. The molecule has 0 spiro atoms. The van der Waals surface area contributed by atoms with Crippen molar-refractivity contribution in [1.29, 1.82) is 0 Å². The molecule has 19 heavy (non-hydrogen) atoms. The zero-order chi connectivity index (χ0) is 14.0. The monoisotopic (exact) mass is 264 g/mol. The SMILES string of the molecule is COC(=O)c1ccc(N)c(N2CCN(C)C(C)C2)n1. The van der Waals surface area contributed by atoms with Crippen LogP contribution in [0.5, 0.6) is 0 Å². The molecule has 1 saturated heterocycles. The largest absolute Gasteiger partial charge is 0.464 e. The number of likely N-dealkylation sites (N-methyl/N-ethyl adjacent to an activating group) is 1. The van der Waals surface area contributed by atoms with Gasteiger partial charge in [0, 0.05) is 25.7 Å². The number of rotatable bonds is 2. The van der Waals surface area contributed by atoms with Crippen LogP contribution in [0, 0.1) is 0 Å². The zero-order valence-electron chi connectivity index (χ0n) is 11.6. The number of hydrogen-bond acceptors (Lipinski definition) is 6. The molecule has 6 nitrogen and oxygen atoms in total. The quantitative estimate of drug-likeness (QED) is 0.788. The van der Waals surface area contributed by atoms with Crippen LogP contribution in [0.25, 0.3) is 0 Å². The number of aromatic nitrogens is 1. The standard InChI is InChI=1S/C13H20N4O2/c1-9-8-17(7-6-16(9)2)12-10(14)4-5-11(15-12)13(18)19-3/h4-5,9H,6-8,14H2,1-3H3. The van der Waals surface area contributed by atoms with Crippen LogP contribution in [-0.2, 0) is 4.74 Å². The number of methoxy groups -OCH3 is 1. The van der Waals surface area contributed by atoms with Crippen LogP contribution in [-0.4, -0.2) is 55.7 Å². The van der Waals surface area contributed by atoms with Gasteiger partial charge in [-0.3, -0.25) is 0 Å². The molecule has 1 aliphatic rings. The summed E-state index contributed by atoms with van der Waals surface area (Å²) < 4.78 is 4.69. The molecule has 0 aromatic carbocycles. The Morgan fingerprint density at radius 3 is 2.84 bits per heavy atom. The van der Waals surface area contributed by atoms with Gasteiger partial charge in [-0.2, -0.15) is 0 Å². The second-order valence-electron chi connectivity index (χ2n) is 4.88. The fourth-order valence-electron chi connectivity index (χ4n) is 2.17. The summed E-state index contributed by atoms with van der Waals surface area (Å²) in [5.41, 5.74) is 6.85. The molecule has 0 saturated carbocycles. The first kappa shape index (κ1) is 13.6. The van der Waals surface area contributed by atoms with Gasteiger partial charge in [0.15, 0.2) is 11.5 Å². The minimum Gasteiger partial charge on any atom is -0.464 e. The molecule has 1 atom stereocenters. The maximum atomic E-state index is 11.5. The second-order valence-corrected chi connectivity index (χ2v) is 4.88. The minimum atomic E-state index is -0.441. The molecule has 0 amide bonds. The third-order valence-electron chi connectivity index (χ3n) is 3.56. The Balaban J connectivity index is 2.26. The van der Waals surface area contributed by atoms with Crippen LogP contribution < -0.4 is 10.6 Å². The van der Waals surface area contributed by atoms with E-state index in [1.54, 1.807) is 12.1 Å². The Hall–Kier alpha value is -1.82. The van der Waals surface area contributed by atoms with Crippen molar-refractivity contribution in [2.45, 2.75) is 13.0 Å². The first-order valence-corrected chi connectivity index (χ1v) is 6.33. The van der Waals surface area contributed by atoms with E-state index in [-0.39, 0.29) is 0 Å². The van der Waals surface area contributed by atoms with Crippen LogP contribution in [0.4, 0.5) is 11.5 Å². The zero-order valence-corrected chi connectivity index (χ0v) is 11.6. The summed E-state index contributed by atoms with van der Waals surface area (Å²) in [6.45, 7) is 4.80. The molecule has 2 rings (SSSR count). The lowest BCUT2D eigenvalue weighted by Crippen LogP contribution is -2.50. The number of piperazine rings is 1. The average Bonchev–Trinajstić information content (AvgIpc) is 2.41. The molecule has 1 aromatic rings. The Bertz CT molecular complexity index is 478. The molecule has 0 radical (unpaired) electrons. The van der Waals surface area contributed by atoms with Gasteiger partial charge >= 0.3 is 5.97 Å². The average molecular weight is 264 g/mol. The highest BCUT2D eigenvalue weighted by Crippen LogP contribution is 2.23. The van der Waals surface area contributed by atoms with Gasteiger partial charge in [-0.15, -0.1) is 0 Å². The molecule has 1 aromatic heterocycles. The summed E-state index contributed by atoms with van der Waals surface area (Å²) in [6, 6.07) is 3.72. The number of pyridine rings is 1. The Morgan fingerprint density at radius 1 is 1.47 bits per heavy atom. The van der Waals surface area contributed by atoms with E-state index >= 15 is 0 Å². The van der Waals surface area contributed by atoms with Crippen LogP contribution in [0.15, 0.2) is 12.1 Å². The lowest BCUT2D eigenvalue weighted by molar-refractivity contribution is 0.0594. The number of nitrogens with two attached hydrogens (primary N) is 1. The van der Waals surface area contributed by atoms with Gasteiger partial charge in [-0.25, -0.2) is 9.78 Å². The Morgan fingerprint density at radius 2 is 2.21 bits per heavy atom. The molecule has 1 fully saturated rings. The molecule has 0 bridgehead atoms. The lowest BCUT2D eigenvalue weighted by atomic mass is 10.2. The summed E-state index contributed by atoms with van der Waals surface area (Å²) in [7, 11) is 3.45. The van der Waals surface area contributed by atoms with Crippen molar-refractivity contribution in [2.24, 2.45) is 0 Å². The van der Waals surface area contributed by atoms with E-state index in [9.17, 15) is 4.79 Å². The topological polar surface area (TPSA) is 71.7 Å². The van der Waals surface area contributed by atoms with Crippen LogP contribution >= 0.6 is 0 Å². The van der Waals surface area contributed by atoms with Crippen LogP contribution in [0.1, 0.15) is 17.4 Å². The number of carbonyl (C=O) groups excluding carboxylic acids is 1. The molecule has 6 heteroatoms. The van der Waals surface area contributed by atoms with Gasteiger partial charge in [-0.1, -0.05) is 0 Å². The van der Waals surface area contributed by atoms with E-state index in [0.717, 1.165) is 19.6 Å². The number of nitrogens with zero attached hydrogens (tertiary/aromatic N) is 3. The first-order valence-electron chi connectivity index (χ1n) is 6.33. The van der Waals surface area contributed by atoms with Crippen molar-refractivity contribution in [3.63, 3.8) is 0 Å². The van der Waals surface area contributed by atoms with Gasteiger partial charge in [-0.05, 0) is 26.1 Å². The maximum absolute atomic E-state index is 11.5. The molecule has 2 heterocycles. The normalized spacial score (nSPS) is 20.4. The smallest absolute Gasteiger partial charge is 0.356 e. The fraction of sp³-hybridized carbons (Fsp3) is 0.538. The minimum absolute atomic E-state index is 0.290. The maximum Gasteiger partial charge on any atom is 0.356 e. The van der Waals surface area contributed by atoms with Crippen molar-refractivity contribution < 1.29 is 9.53 Å². The number of ether oxygens (including phenoxy) is 1. The van der Waals surface area contributed by atoms with E-state index < -0.39 is 5.97 Å². The molecule has 104 valence electrons. The number of esters is 1. The number of nitrogen functional groups attached to an aromatic ring is 1. The van der Waals surface area contributed by atoms with Gasteiger partial charge in [0.25, 0.3) is 0 Å². The second kappa shape index (κ2) is 5.44. The molecule has 1 aliphatic heterocycles. The summed E-state index contributed by atoms with van der Waals surface area (Å²) in [5.74, 6) is 0.228. The molecular weight excluding hydrogens is 244 g/mol. The summed E-state index contributed by atoms with van der Waals surface area (Å²) in [4.78, 5) is 20.3. The van der Waals surface area contributed by atoms with E-state index in [2.05, 4.69) is 33.5 Å². The van der Waals surface area contributed by atoms with Gasteiger partial charge < -0.3 is 20.3 Å². The number of anilines is 2. The summed E-state index contributed by atoms with van der Waals surface area (Å²) in [5, 5.41) is 0. The predicted octanol–water partition coefficient (Wildman–Crippen LogP) is 0.591. The summed E-state index contributed by atoms with van der Waals surface area (Å²) in [6.07, 6.45) is 0. The number of carbonyl (C=O) groups is 1. The van der Waals surface area contributed by atoms with E-state index in [0.29, 0.717) is 23.2 Å². The summed E-state index contributed by atoms with van der Waals surface area (Å²) >= 11 is 0. The van der Waals surface area contributed by atoms with Crippen molar-refractivity contribution in [3.05, 3.63) is 17.8 Å². The highest BCUT2D eigenvalue weighted by Gasteiger charge is 2.23.